The highest BCUT2D eigenvalue weighted by Crippen LogP contribution is 2.07. The molecule has 1 rings (SSSR count). The van der Waals surface area contributed by atoms with E-state index in [1.165, 1.54) is 0 Å². The highest BCUT2D eigenvalue weighted by molar-refractivity contribution is 5.75. The van der Waals surface area contributed by atoms with Crippen molar-refractivity contribution in [3.63, 3.8) is 0 Å². The molecule has 0 spiro atoms. The molecule has 0 atom stereocenters. The first kappa shape index (κ1) is 13.4. The van der Waals surface area contributed by atoms with Gasteiger partial charge in [-0.25, -0.2) is 0 Å². The average molecular weight is 230 g/mol. The summed E-state index contributed by atoms with van der Waals surface area (Å²) in [4.78, 5) is 11.3. The fourth-order valence-electron chi connectivity index (χ4n) is 1.68. The van der Waals surface area contributed by atoms with Crippen LogP contribution < -0.4 is 10.6 Å². The van der Waals surface area contributed by atoms with E-state index in [1.807, 2.05) is 0 Å². The lowest BCUT2D eigenvalue weighted by Gasteiger charge is -2.22. The molecule has 0 saturated carbocycles. The minimum absolute atomic E-state index is 0.00221. The Labute approximate surface area is 96.6 Å². The molecule has 16 heavy (non-hydrogen) atoms. The molecule has 1 aliphatic rings. The summed E-state index contributed by atoms with van der Waals surface area (Å²) in [5.41, 5.74) is 0. The van der Waals surface area contributed by atoms with E-state index in [0.717, 1.165) is 25.9 Å². The average Bonchev–Trinajstić information content (AvgIpc) is 2.31. The van der Waals surface area contributed by atoms with E-state index in [4.69, 9.17) is 9.84 Å². The molecule has 0 unspecified atom stereocenters. The van der Waals surface area contributed by atoms with Gasteiger partial charge in [-0.1, -0.05) is 0 Å². The second-order valence-corrected chi connectivity index (χ2v) is 4.00. The van der Waals surface area contributed by atoms with Gasteiger partial charge in [0.1, 0.15) is 0 Å². The normalized spacial score (nSPS) is 17.3. The largest absolute Gasteiger partial charge is 0.396 e. The molecule has 5 heteroatoms. The number of hydrogen-bond acceptors (Lipinski definition) is 4. The SMILES string of the molecule is O=C(CCOC1CCNCC1)NCCCO. The Morgan fingerprint density at radius 2 is 2.19 bits per heavy atom. The smallest absolute Gasteiger partial charge is 0.222 e. The van der Waals surface area contributed by atoms with Crippen molar-refractivity contribution in [1.29, 1.82) is 0 Å². The second-order valence-electron chi connectivity index (χ2n) is 4.00. The zero-order chi connectivity index (χ0) is 11.6. The maximum atomic E-state index is 11.3. The lowest BCUT2D eigenvalue weighted by molar-refractivity contribution is -0.122. The third kappa shape index (κ3) is 6.05. The predicted octanol–water partition coefficient (Wildman–Crippen LogP) is -0.356. The van der Waals surface area contributed by atoms with Crippen LogP contribution in [0.2, 0.25) is 0 Å². The zero-order valence-corrected chi connectivity index (χ0v) is 9.71. The number of piperidine rings is 1. The van der Waals surface area contributed by atoms with Crippen LogP contribution in [0.15, 0.2) is 0 Å². The van der Waals surface area contributed by atoms with E-state index in [9.17, 15) is 4.79 Å². The minimum atomic E-state index is 0.00221. The molecule has 94 valence electrons. The van der Waals surface area contributed by atoms with Crippen molar-refractivity contribution in [2.75, 3.05) is 32.8 Å². The van der Waals surface area contributed by atoms with E-state index in [-0.39, 0.29) is 12.5 Å². The van der Waals surface area contributed by atoms with E-state index in [2.05, 4.69) is 10.6 Å². The molecule has 3 N–H and O–H groups in total. The van der Waals surface area contributed by atoms with Gasteiger partial charge >= 0.3 is 0 Å². The van der Waals surface area contributed by atoms with Gasteiger partial charge in [0.15, 0.2) is 0 Å². The first-order chi connectivity index (χ1) is 7.83. The molecular weight excluding hydrogens is 208 g/mol. The van der Waals surface area contributed by atoms with Crippen molar-refractivity contribution in [2.24, 2.45) is 0 Å². The van der Waals surface area contributed by atoms with Gasteiger partial charge in [-0.2, -0.15) is 0 Å². The first-order valence-electron chi connectivity index (χ1n) is 6.03. The fourth-order valence-corrected chi connectivity index (χ4v) is 1.68. The molecule has 0 aromatic carbocycles. The van der Waals surface area contributed by atoms with E-state index in [1.54, 1.807) is 0 Å². The van der Waals surface area contributed by atoms with Crippen LogP contribution in [0.4, 0.5) is 0 Å². The molecule has 1 heterocycles. The lowest BCUT2D eigenvalue weighted by Crippen LogP contribution is -2.33. The number of amides is 1. The Balaban J connectivity index is 1.94. The van der Waals surface area contributed by atoms with Crippen LogP contribution >= 0.6 is 0 Å². The second kappa shape index (κ2) is 8.50. The Bertz CT molecular complexity index is 194. The van der Waals surface area contributed by atoms with Crippen LogP contribution in [-0.2, 0) is 9.53 Å². The summed E-state index contributed by atoms with van der Waals surface area (Å²) in [5.74, 6) is 0.00221. The molecule has 1 amide bonds. The van der Waals surface area contributed by atoms with Crippen molar-refractivity contribution >= 4 is 5.91 Å². The standard InChI is InChI=1S/C11H22N2O3/c14-8-1-5-13-11(15)4-9-16-10-2-6-12-7-3-10/h10,12,14H,1-9H2,(H,13,15). The number of rotatable bonds is 7. The molecule has 0 bridgehead atoms. The molecule has 1 fully saturated rings. The molecule has 1 saturated heterocycles. The van der Waals surface area contributed by atoms with E-state index >= 15 is 0 Å². The maximum absolute atomic E-state index is 11.3. The number of aliphatic hydroxyl groups excluding tert-OH is 1. The summed E-state index contributed by atoms with van der Waals surface area (Å²) < 4.78 is 5.61. The summed E-state index contributed by atoms with van der Waals surface area (Å²) in [5, 5.41) is 14.5. The summed E-state index contributed by atoms with van der Waals surface area (Å²) in [6.07, 6.45) is 3.40. The van der Waals surface area contributed by atoms with Crippen LogP contribution in [0.3, 0.4) is 0 Å². The zero-order valence-electron chi connectivity index (χ0n) is 9.71. The number of nitrogens with one attached hydrogen (secondary N) is 2. The van der Waals surface area contributed by atoms with E-state index in [0.29, 0.717) is 32.1 Å². The molecule has 1 aliphatic heterocycles. The molecule has 5 nitrogen and oxygen atoms in total. The molecular formula is C11H22N2O3. The van der Waals surface area contributed by atoms with Crippen LogP contribution in [0.25, 0.3) is 0 Å². The van der Waals surface area contributed by atoms with Crippen LogP contribution in [0.5, 0.6) is 0 Å². The van der Waals surface area contributed by atoms with Crippen LogP contribution in [0.1, 0.15) is 25.7 Å². The summed E-state index contributed by atoms with van der Waals surface area (Å²) in [6, 6.07) is 0. The van der Waals surface area contributed by atoms with Gasteiger partial charge in [-0.15, -0.1) is 0 Å². The summed E-state index contributed by atoms with van der Waals surface area (Å²) >= 11 is 0. The third-order valence-electron chi connectivity index (χ3n) is 2.63. The minimum Gasteiger partial charge on any atom is -0.396 e. The Morgan fingerprint density at radius 3 is 2.88 bits per heavy atom. The van der Waals surface area contributed by atoms with Crippen LogP contribution in [-0.4, -0.2) is 50.0 Å². The monoisotopic (exact) mass is 230 g/mol. The van der Waals surface area contributed by atoms with Gasteiger partial charge in [-0.05, 0) is 32.4 Å². The molecule has 0 radical (unpaired) electrons. The Morgan fingerprint density at radius 1 is 1.44 bits per heavy atom. The highest BCUT2D eigenvalue weighted by Gasteiger charge is 2.13. The van der Waals surface area contributed by atoms with Crippen molar-refractivity contribution in [3.8, 4) is 0 Å². The fraction of sp³-hybridized carbons (Fsp3) is 0.909. The highest BCUT2D eigenvalue weighted by atomic mass is 16.5. The number of aliphatic hydroxyl groups is 1. The number of carbonyl (C=O) groups excluding carboxylic acids is 1. The van der Waals surface area contributed by atoms with Gasteiger partial charge in [0.05, 0.1) is 12.7 Å². The summed E-state index contributed by atoms with van der Waals surface area (Å²) in [6.45, 7) is 3.17. The van der Waals surface area contributed by atoms with Gasteiger partial charge in [0.2, 0.25) is 5.91 Å². The topological polar surface area (TPSA) is 70.6 Å². The quantitative estimate of drug-likeness (QED) is 0.523. The van der Waals surface area contributed by atoms with E-state index < -0.39 is 0 Å². The lowest BCUT2D eigenvalue weighted by atomic mass is 10.1. The molecule has 0 aromatic heterocycles. The Hall–Kier alpha value is -0.650. The van der Waals surface area contributed by atoms with Gasteiger partial charge in [-0.3, -0.25) is 4.79 Å². The number of hydrogen-bond donors (Lipinski definition) is 3. The number of carbonyl (C=O) groups is 1. The maximum Gasteiger partial charge on any atom is 0.222 e. The van der Waals surface area contributed by atoms with Crippen molar-refractivity contribution < 1.29 is 14.6 Å². The van der Waals surface area contributed by atoms with Crippen molar-refractivity contribution in [3.05, 3.63) is 0 Å². The summed E-state index contributed by atoms with van der Waals surface area (Å²) in [7, 11) is 0. The van der Waals surface area contributed by atoms with Crippen molar-refractivity contribution in [2.45, 2.75) is 31.8 Å². The third-order valence-corrected chi connectivity index (χ3v) is 2.63. The van der Waals surface area contributed by atoms with Crippen molar-refractivity contribution in [1.82, 2.24) is 10.6 Å². The molecule has 0 aromatic rings. The predicted molar refractivity (Wildman–Crippen MR) is 61.2 cm³/mol. The first-order valence-corrected chi connectivity index (χ1v) is 6.03. The van der Waals surface area contributed by atoms with Gasteiger partial charge in [0, 0.05) is 19.6 Å². The Kier molecular flexibility index (Phi) is 7.12. The molecule has 0 aliphatic carbocycles. The van der Waals surface area contributed by atoms with Crippen LogP contribution in [0, 0.1) is 0 Å². The van der Waals surface area contributed by atoms with Gasteiger partial charge in [0.25, 0.3) is 0 Å². The van der Waals surface area contributed by atoms with Gasteiger partial charge < -0.3 is 20.5 Å². The number of ether oxygens (including phenoxy) is 1.